The Kier molecular flexibility index (Phi) is 8.18. The van der Waals surface area contributed by atoms with E-state index < -0.39 is 0 Å². The van der Waals surface area contributed by atoms with Gasteiger partial charge in [-0.1, -0.05) is 35.9 Å². The van der Waals surface area contributed by atoms with Crippen molar-refractivity contribution in [3.05, 3.63) is 64.9 Å². The van der Waals surface area contributed by atoms with Gasteiger partial charge in [-0.05, 0) is 36.8 Å². The van der Waals surface area contributed by atoms with E-state index in [4.69, 9.17) is 11.6 Å². The summed E-state index contributed by atoms with van der Waals surface area (Å²) in [7, 11) is 0. The maximum absolute atomic E-state index is 5.91. The second kappa shape index (κ2) is 10.4. The third-order valence-corrected chi connectivity index (χ3v) is 4.02. The second-order valence-electron chi connectivity index (χ2n) is 5.70. The van der Waals surface area contributed by atoms with Gasteiger partial charge in [0.05, 0.1) is 17.6 Å². The van der Waals surface area contributed by atoms with Gasteiger partial charge in [0, 0.05) is 24.5 Å². The molecule has 0 unspecified atom stereocenters. The van der Waals surface area contributed by atoms with Gasteiger partial charge in [-0.2, -0.15) is 0 Å². The number of rotatable bonds is 6. The Morgan fingerprint density at radius 1 is 1.12 bits per heavy atom. The number of halogens is 2. The lowest BCUT2D eigenvalue weighted by Crippen LogP contribution is -2.38. The normalized spacial score (nSPS) is 11.2. The zero-order valence-electron chi connectivity index (χ0n) is 14.6. The highest BCUT2D eigenvalue weighted by atomic mass is 127. The third-order valence-electron chi connectivity index (χ3n) is 3.77. The fraction of sp³-hybridized carbons (Fsp3) is 0.263. The van der Waals surface area contributed by atoms with Gasteiger partial charge in [0.25, 0.3) is 0 Å². The highest BCUT2D eigenvalue weighted by Gasteiger charge is 2.03. The van der Waals surface area contributed by atoms with Crippen molar-refractivity contribution in [2.24, 2.45) is 4.99 Å². The average Bonchev–Trinajstić information content (AvgIpc) is 3.04. The Labute approximate surface area is 175 Å². The van der Waals surface area contributed by atoms with Crippen LogP contribution >= 0.6 is 35.6 Å². The fourth-order valence-corrected chi connectivity index (χ4v) is 2.65. The number of H-pyrrole nitrogens is 1. The van der Waals surface area contributed by atoms with E-state index in [1.165, 1.54) is 0 Å². The van der Waals surface area contributed by atoms with Crippen LogP contribution in [-0.4, -0.2) is 29.0 Å². The Bertz CT molecular complexity index is 812. The van der Waals surface area contributed by atoms with E-state index in [0.717, 1.165) is 52.9 Å². The Hall–Kier alpha value is -1.80. The monoisotopic (exact) mass is 483 g/mol. The molecule has 0 bridgehead atoms. The van der Waals surface area contributed by atoms with Crippen LogP contribution in [0.25, 0.3) is 11.0 Å². The first-order valence-corrected chi connectivity index (χ1v) is 8.82. The van der Waals surface area contributed by atoms with Gasteiger partial charge in [0.15, 0.2) is 5.96 Å². The molecule has 0 atom stereocenters. The molecule has 1 heterocycles. The average molecular weight is 484 g/mol. The number of nitrogens with one attached hydrogen (secondary N) is 3. The van der Waals surface area contributed by atoms with E-state index in [2.05, 4.69) is 32.5 Å². The summed E-state index contributed by atoms with van der Waals surface area (Å²) in [6.07, 6.45) is 0.806. The van der Waals surface area contributed by atoms with E-state index in [9.17, 15) is 0 Å². The minimum Gasteiger partial charge on any atom is -0.357 e. The minimum atomic E-state index is 0. The lowest BCUT2D eigenvalue weighted by molar-refractivity contribution is 0.780. The van der Waals surface area contributed by atoms with Gasteiger partial charge in [-0.3, -0.25) is 0 Å². The highest BCUT2D eigenvalue weighted by Crippen LogP contribution is 2.11. The number of hydrogen-bond acceptors (Lipinski definition) is 2. The molecule has 3 N–H and O–H groups in total. The van der Waals surface area contributed by atoms with Crippen LogP contribution in [0.2, 0.25) is 5.02 Å². The quantitative estimate of drug-likeness (QED) is 0.281. The molecule has 7 heteroatoms. The van der Waals surface area contributed by atoms with Crippen molar-refractivity contribution in [3.8, 4) is 0 Å². The van der Waals surface area contributed by atoms with Crippen LogP contribution in [0.5, 0.6) is 0 Å². The van der Waals surface area contributed by atoms with Crippen molar-refractivity contribution in [3.63, 3.8) is 0 Å². The summed E-state index contributed by atoms with van der Waals surface area (Å²) in [4.78, 5) is 12.5. The number of aromatic nitrogens is 2. The number of aromatic amines is 1. The summed E-state index contributed by atoms with van der Waals surface area (Å²) in [6.45, 7) is 4.24. The van der Waals surface area contributed by atoms with Crippen molar-refractivity contribution in [1.29, 1.82) is 0 Å². The maximum Gasteiger partial charge on any atom is 0.191 e. The number of aliphatic imine (C=N–C) groups is 1. The van der Waals surface area contributed by atoms with E-state index in [0.29, 0.717) is 6.54 Å². The molecule has 0 aliphatic carbocycles. The van der Waals surface area contributed by atoms with Crippen molar-refractivity contribution in [2.45, 2.75) is 19.9 Å². The Balaban J connectivity index is 0.00000243. The van der Waals surface area contributed by atoms with Gasteiger partial charge >= 0.3 is 0 Å². The lowest BCUT2D eigenvalue weighted by Gasteiger charge is -2.10. The molecule has 0 aliphatic rings. The van der Waals surface area contributed by atoms with E-state index in [1.807, 2.05) is 48.5 Å². The van der Waals surface area contributed by atoms with E-state index in [-0.39, 0.29) is 24.0 Å². The smallest absolute Gasteiger partial charge is 0.191 e. The Morgan fingerprint density at radius 2 is 1.88 bits per heavy atom. The number of nitrogens with zero attached hydrogens (tertiary/aromatic N) is 2. The summed E-state index contributed by atoms with van der Waals surface area (Å²) in [6, 6.07) is 15.8. The molecule has 3 aromatic rings. The first-order valence-electron chi connectivity index (χ1n) is 8.45. The molecule has 3 rings (SSSR count). The van der Waals surface area contributed by atoms with Gasteiger partial charge in [0.2, 0.25) is 0 Å². The van der Waals surface area contributed by atoms with E-state index in [1.54, 1.807) is 0 Å². The summed E-state index contributed by atoms with van der Waals surface area (Å²) >= 11 is 5.91. The number of benzene rings is 2. The maximum atomic E-state index is 5.91. The van der Waals surface area contributed by atoms with E-state index >= 15 is 0 Å². The molecular weight excluding hydrogens is 461 g/mol. The van der Waals surface area contributed by atoms with Gasteiger partial charge < -0.3 is 15.6 Å². The topological polar surface area (TPSA) is 65.1 Å². The molecule has 0 spiro atoms. The number of guanidine groups is 1. The van der Waals surface area contributed by atoms with Crippen LogP contribution in [-0.2, 0) is 13.0 Å². The third kappa shape index (κ3) is 5.88. The zero-order chi connectivity index (χ0) is 17.5. The summed E-state index contributed by atoms with van der Waals surface area (Å²) in [5.74, 6) is 1.77. The molecular formula is C19H23ClIN5. The van der Waals surface area contributed by atoms with Crippen molar-refractivity contribution < 1.29 is 0 Å². The molecule has 5 nitrogen and oxygen atoms in total. The second-order valence-corrected chi connectivity index (χ2v) is 6.14. The molecule has 0 saturated carbocycles. The van der Waals surface area contributed by atoms with Crippen molar-refractivity contribution in [1.82, 2.24) is 20.6 Å². The van der Waals surface area contributed by atoms with Gasteiger partial charge in [0.1, 0.15) is 5.82 Å². The van der Waals surface area contributed by atoms with Crippen LogP contribution in [0.4, 0.5) is 0 Å². The summed E-state index contributed by atoms with van der Waals surface area (Å²) in [5, 5.41) is 7.35. The molecule has 0 amide bonds. The van der Waals surface area contributed by atoms with Crippen molar-refractivity contribution in [2.75, 3.05) is 13.1 Å². The summed E-state index contributed by atoms with van der Waals surface area (Å²) < 4.78 is 0. The zero-order valence-corrected chi connectivity index (χ0v) is 17.7. The molecule has 138 valence electrons. The number of fused-ring (bicyclic) bond motifs is 1. The fourth-order valence-electron chi connectivity index (χ4n) is 2.53. The number of para-hydroxylation sites is 2. The highest BCUT2D eigenvalue weighted by molar-refractivity contribution is 14.0. The number of hydrogen-bond donors (Lipinski definition) is 3. The number of imidazole rings is 1. The molecule has 0 saturated heterocycles. The van der Waals surface area contributed by atoms with Crippen LogP contribution in [0.1, 0.15) is 18.3 Å². The van der Waals surface area contributed by atoms with Crippen LogP contribution in [0.15, 0.2) is 53.5 Å². The predicted molar refractivity (Wildman–Crippen MR) is 119 cm³/mol. The van der Waals surface area contributed by atoms with Crippen molar-refractivity contribution >= 4 is 52.6 Å². The molecule has 26 heavy (non-hydrogen) atoms. The predicted octanol–water partition coefficient (Wildman–Crippen LogP) is 4.13. The largest absolute Gasteiger partial charge is 0.357 e. The van der Waals surface area contributed by atoms with Crippen LogP contribution in [0.3, 0.4) is 0 Å². The van der Waals surface area contributed by atoms with Gasteiger partial charge in [-0.25, -0.2) is 9.98 Å². The minimum absolute atomic E-state index is 0. The first kappa shape index (κ1) is 20.5. The molecule has 0 aliphatic heterocycles. The lowest BCUT2D eigenvalue weighted by atomic mass is 10.2. The molecule has 2 aromatic carbocycles. The van der Waals surface area contributed by atoms with Crippen LogP contribution in [0, 0.1) is 0 Å². The molecule has 1 aromatic heterocycles. The standard InChI is InChI=1S/C19H22ClN5.HI/c1-2-21-19(23-13-14-7-9-15(20)10-8-14)22-12-11-18-24-16-5-3-4-6-17(16)25-18;/h3-10H,2,11-13H2,1H3,(H,24,25)(H2,21,22,23);1H. The molecule has 0 fully saturated rings. The van der Waals surface area contributed by atoms with Gasteiger partial charge in [-0.15, -0.1) is 24.0 Å². The SMILES string of the molecule is CCNC(=NCc1ccc(Cl)cc1)NCCc1nc2ccccc2[nH]1.I. The summed E-state index contributed by atoms with van der Waals surface area (Å²) in [5.41, 5.74) is 3.19. The Morgan fingerprint density at radius 3 is 2.62 bits per heavy atom. The van der Waals surface area contributed by atoms with Crippen LogP contribution < -0.4 is 10.6 Å². The first-order chi connectivity index (χ1) is 12.2. The molecule has 0 radical (unpaired) electrons.